The molecule has 1 aliphatic rings. The first-order valence-corrected chi connectivity index (χ1v) is 5.84. The lowest BCUT2D eigenvalue weighted by Crippen LogP contribution is -2.40. The van der Waals surface area contributed by atoms with Gasteiger partial charge in [-0.05, 0) is 31.9 Å². The Morgan fingerprint density at radius 2 is 2.18 bits per heavy atom. The van der Waals surface area contributed by atoms with E-state index >= 15 is 0 Å². The maximum Gasteiger partial charge on any atom is 0.328 e. The lowest BCUT2D eigenvalue weighted by atomic mass is 10.1. The Hall–Kier alpha value is -1.55. The highest BCUT2D eigenvalue weighted by Gasteiger charge is 2.31. The van der Waals surface area contributed by atoms with Crippen LogP contribution in [0.15, 0.2) is 24.3 Å². The van der Waals surface area contributed by atoms with Gasteiger partial charge < -0.3 is 15.2 Å². The third kappa shape index (κ3) is 2.97. The number of benzene rings is 1. The standard InChI is InChI=1S/C13H17NO3/c1-9-4-6-10(7-5-9)14-12(13(15)16)11-3-2-8-17-11/h4-7,11-12,14H,2-3,8H2,1H3,(H,15,16). The van der Waals surface area contributed by atoms with Gasteiger partial charge in [-0.25, -0.2) is 4.79 Å². The number of anilines is 1. The van der Waals surface area contributed by atoms with Crippen LogP contribution in [-0.4, -0.2) is 29.8 Å². The highest BCUT2D eigenvalue weighted by atomic mass is 16.5. The molecule has 2 atom stereocenters. The van der Waals surface area contributed by atoms with E-state index in [2.05, 4.69) is 5.32 Å². The van der Waals surface area contributed by atoms with Crippen molar-refractivity contribution in [3.05, 3.63) is 29.8 Å². The number of hydrogen-bond donors (Lipinski definition) is 2. The molecule has 1 fully saturated rings. The Morgan fingerprint density at radius 3 is 2.71 bits per heavy atom. The number of ether oxygens (including phenoxy) is 1. The maximum absolute atomic E-state index is 11.2. The van der Waals surface area contributed by atoms with Gasteiger partial charge >= 0.3 is 5.97 Å². The zero-order chi connectivity index (χ0) is 12.3. The topological polar surface area (TPSA) is 58.6 Å². The van der Waals surface area contributed by atoms with Crippen LogP contribution in [-0.2, 0) is 9.53 Å². The second-order valence-electron chi connectivity index (χ2n) is 4.38. The minimum absolute atomic E-state index is 0.228. The van der Waals surface area contributed by atoms with Gasteiger partial charge in [0.05, 0.1) is 6.10 Å². The Kier molecular flexibility index (Phi) is 3.64. The van der Waals surface area contributed by atoms with Crippen LogP contribution in [0.25, 0.3) is 0 Å². The van der Waals surface area contributed by atoms with Gasteiger partial charge in [0.2, 0.25) is 0 Å². The zero-order valence-corrected chi connectivity index (χ0v) is 9.85. The number of carbonyl (C=O) groups is 1. The summed E-state index contributed by atoms with van der Waals surface area (Å²) in [5.41, 5.74) is 1.97. The van der Waals surface area contributed by atoms with Crippen molar-refractivity contribution in [2.45, 2.75) is 31.9 Å². The molecule has 4 nitrogen and oxygen atoms in total. The summed E-state index contributed by atoms with van der Waals surface area (Å²) in [6.45, 7) is 2.66. The Labute approximate surface area is 101 Å². The summed E-state index contributed by atoms with van der Waals surface area (Å²) in [6.07, 6.45) is 1.51. The summed E-state index contributed by atoms with van der Waals surface area (Å²) in [7, 11) is 0. The van der Waals surface area contributed by atoms with E-state index in [1.165, 1.54) is 0 Å². The van der Waals surface area contributed by atoms with Crippen molar-refractivity contribution >= 4 is 11.7 Å². The van der Waals surface area contributed by atoms with Gasteiger partial charge in [0.1, 0.15) is 0 Å². The van der Waals surface area contributed by atoms with Crippen molar-refractivity contribution in [1.29, 1.82) is 0 Å². The van der Waals surface area contributed by atoms with Crippen molar-refractivity contribution < 1.29 is 14.6 Å². The highest BCUT2D eigenvalue weighted by Crippen LogP contribution is 2.19. The van der Waals surface area contributed by atoms with E-state index in [4.69, 9.17) is 4.74 Å². The molecule has 0 spiro atoms. The summed E-state index contributed by atoms with van der Waals surface area (Å²) in [6, 6.07) is 7.02. The van der Waals surface area contributed by atoms with Gasteiger partial charge in [0, 0.05) is 12.3 Å². The van der Waals surface area contributed by atoms with Crippen LogP contribution in [0.2, 0.25) is 0 Å². The van der Waals surface area contributed by atoms with Gasteiger partial charge in [-0.15, -0.1) is 0 Å². The van der Waals surface area contributed by atoms with Crippen LogP contribution >= 0.6 is 0 Å². The molecule has 4 heteroatoms. The smallest absolute Gasteiger partial charge is 0.328 e. The Balaban J connectivity index is 2.06. The summed E-state index contributed by atoms with van der Waals surface area (Å²) in [5.74, 6) is -0.863. The molecule has 1 aromatic carbocycles. The molecule has 92 valence electrons. The SMILES string of the molecule is Cc1ccc(NC(C(=O)O)C2CCCO2)cc1. The van der Waals surface area contributed by atoms with Gasteiger partial charge in [-0.2, -0.15) is 0 Å². The molecular formula is C13H17NO3. The fourth-order valence-electron chi connectivity index (χ4n) is 2.01. The summed E-state index contributed by atoms with van der Waals surface area (Å²) >= 11 is 0. The number of nitrogens with one attached hydrogen (secondary N) is 1. The quantitative estimate of drug-likeness (QED) is 0.838. The number of aryl methyl sites for hydroxylation is 1. The molecule has 0 radical (unpaired) electrons. The maximum atomic E-state index is 11.2. The van der Waals surface area contributed by atoms with Gasteiger partial charge in [-0.3, -0.25) is 0 Å². The second-order valence-corrected chi connectivity index (χ2v) is 4.38. The van der Waals surface area contributed by atoms with E-state index in [1.54, 1.807) is 0 Å². The molecule has 1 aliphatic heterocycles. The minimum Gasteiger partial charge on any atom is -0.480 e. The van der Waals surface area contributed by atoms with Crippen LogP contribution < -0.4 is 5.32 Å². The van der Waals surface area contributed by atoms with Crippen LogP contribution in [0.3, 0.4) is 0 Å². The van der Waals surface area contributed by atoms with E-state index in [1.807, 2.05) is 31.2 Å². The molecule has 2 N–H and O–H groups in total. The molecule has 0 bridgehead atoms. The zero-order valence-electron chi connectivity index (χ0n) is 9.85. The summed E-state index contributed by atoms with van der Waals surface area (Å²) in [5, 5.41) is 12.2. The molecule has 0 amide bonds. The van der Waals surface area contributed by atoms with Crippen molar-refractivity contribution in [3.8, 4) is 0 Å². The van der Waals surface area contributed by atoms with Crippen molar-refractivity contribution in [2.24, 2.45) is 0 Å². The first-order chi connectivity index (χ1) is 8.16. The van der Waals surface area contributed by atoms with E-state index in [9.17, 15) is 9.90 Å². The molecule has 1 aromatic rings. The third-order valence-electron chi connectivity index (χ3n) is 2.98. The lowest BCUT2D eigenvalue weighted by Gasteiger charge is -2.21. The molecule has 1 heterocycles. The normalized spacial score (nSPS) is 21.1. The average molecular weight is 235 g/mol. The van der Waals surface area contributed by atoms with Crippen LogP contribution in [0.4, 0.5) is 5.69 Å². The first kappa shape index (κ1) is 11.9. The van der Waals surface area contributed by atoms with E-state index in [0.29, 0.717) is 6.61 Å². The number of hydrogen-bond acceptors (Lipinski definition) is 3. The fraction of sp³-hybridized carbons (Fsp3) is 0.462. The van der Waals surface area contributed by atoms with Crippen molar-refractivity contribution in [2.75, 3.05) is 11.9 Å². The third-order valence-corrected chi connectivity index (χ3v) is 2.98. The highest BCUT2D eigenvalue weighted by molar-refractivity contribution is 5.78. The summed E-state index contributed by atoms with van der Waals surface area (Å²) in [4.78, 5) is 11.2. The summed E-state index contributed by atoms with van der Waals surface area (Å²) < 4.78 is 5.43. The van der Waals surface area contributed by atoms with E-state index in [0.717, 1.165) is 24.1 Å². The van der Waals surface area contributed by atoms with E-state index < -0.39 is 12.0 Å². The largest absolute Gasteiger partial charge is 0.480 e. The van der Waals surface area contributed by atoms with Crippen molar-refractivity contribution in [1.82, 2.24) is 0 Å². The number of aliphatic carboxylic acids is 1. The Bertz CT molecular complexity index is 382. The van der Waals surface area contributed by atoms with Gasteiger partial charge in [0.15, 0.2) is 6.04 Å². The molecular weight excluding hydrogens is 218 g/mol. The van der Waals surface area contributed by atoms with Crippen LogP contribution in [0.5, 0.6) is 0 Å². The van der Waals surface area contributed by atoms with E-state index in [-0.39, 0.29) is 6.10 Å². The molecule has 0 saturated carbocycles. The van der Waals surface area contributed by atoms with Gasteiger partial charge in [0.25, 0.3) is 0 Å². The van der Waals surface area contributed by atoms with Crippen molar-refractivity contribution in [3.63, 3.8) is 0 Å². The Morgan fingerprint density at radius 1 is 1.47 bits per heavy atom. The van der Waals surface area contributed by atoms with Crippen LogP contribution in [0, 0.1) is 6.92 Å². The number of carboxylic acids is 1. The monoisotopic (exact) mass is 235 g/mol. The first-order valence-electron chi connectivity index (χ1n) is 5.84. The minimum atomic E-state index is -0.863. The second kappa shape index (κ2) is 5.19. The molecule has 0 aromatic heterocycles. The lowest BCUT2D eigenvalue weighted by molar-refractivity contribution is -0.140. The predicted octanol–water partition coefficient (Wildman–Crippen LogP) is 2.04. The van der Waals surface area contributed by atoms with Gasteiger partial charge in [-0.1, -0.05) is 17.7 Å². The predicted molar refractivity (Wildman–Crippen MR) is 65.2 cm³/mol. The molecule has 2 rings (SSSR count). The molecule has 0 aliphatic carbocycles. The number of carboxylic acid groups (broad SMARTS) is 1. The molecule has 17 heavy (non-hydrogen) atoms. The average Bonchev–Trinajstić information content (AvgIpc) is 2.81. The fourth-order valence-corrected chi connectivity index (χ4v) is 2.01. The van der Waals surface area contributed by atoms with Crippen LogP contribution in [0.1, 0.15) is 18.4 Å². The molecule has 1 saturated heterocycles. The molecule has 2 unspecified atom stereocenters. The number of rotatable bonds is 4.